The van der Waals surface area contributed by atoms with Crippen LogP contribution < -0.4 is 15.5 Å². The average molecular weight is 362 g/mol. The van der Waals surface area contributed by atoms with Crippen LogP contribution in [0.15, 0.2) is 41.1 Å². The van der Waals surface area contributed by atoms with Crippen molar-refractivity contribution in [3.8, 4) is 0 Å². The summed E-state index contributed by atoms with van der Waals surface area (Å²) in [6.07, 6.45) is 3.37. The minimum atomic E-state index is -0.283. The lowest BCUT2D eigenvalue weighted by Crippen LogP contribution is -2.43. The van der Waals surface area contributed by atoms with Crippen molar-refractivity contribution in [2.45, 2.75) is 0 Å². The Hall–Kier alpha value is -1.99. The van der Waals surface area contributed by atoms with Crippen LogP contribution in [-0.2, 0) is 0 Å². The fourth-order valence-electron chi connectivity index (χ4n) is 2.30. The van der Waals surface area contributed by atoms with E-state index in [0.29, 0.717) is 16.0 Å². The van der Waals surface area contributed by atoms with E-state index in [2.05, 4.69) is 41.4 Å². The number of piperazine rings is 1. The fraction of sp³-hybridized carbons (Fsp3) is 0.267. The average Bonchev–Trinajstić information content (AvgIpc) is 2.57. The first-order valence-corrected chi connectivity index (χ1v) is 7.87. The fourth-order valence-corrected chi connectivity index (χ4v) is 2.73. The highest BCUT2D eigenvalue weighted by atomic mass is 79.9. The van der Waals surface area contributed by atoms with Crippen molar-refractivity contribution in [1.29, 1.82) is 0 Å². The SMILES string of the molecule is O=C(Nc1ccc(N2CCNCC2)cn1)c1ncccc1Br. The number of carbonyl (C=O) groups is 1. The molecule has 22 heavy (non-hydrogen) atoms. The van der Waals surface area contributed by atoms with Gasteiger partial charge < -0.3 is 15.5 Å². The van der Waals surface area contributed by atoms with E-state index in [1.807, 2.05) is 12.1 Å². The molecule has 6 nitrogen and oxygen atoms in total. The van der Waals surface area contributed by atoms with E-state index in [9.17, 15) is 4.79 Å². The Morgan fingerprint density at radius 2 is 2.05 bits per heavy atom. The Bertz CT molecular complexity index is 655. The van der Waals surface area contributed by atoms with E-state index in [1.54, 1.807) is 24.5 Å². The van der Waals surface area contributed by atoms with Gasteiger partial charge in [0.05, 0.1) is 11.9 Å². The highest BCUT2D eigenvalue weighted by Gasteiger charge is 2.13. The summed E-state index contributed by atoms with van der Waals surface area (Å²) < 4.78 is 0.657. The van der Waals surface area contributed by atoms with Crippen molar-refractivity contribution in [1.82, 2.24) is 15.3 Å². The molecule has 2 N–H and O–H groups in total. The molecular weight excluding hydrogens is 346 g/mol. The molecule has 0 radical (unpaired) electrons. The van der Waals surface area contributed by atoms with E-state index >= 15 is 0 Å². The molecule has 0 spiro atoms. The number of aromatic nitrogens is 2. The van der Waals surface area contributed by atoms with Crippen molar-refractivity contribution in [2.75, 3.05) is 36.4 Å². The van der Waals surface area contributed by atoms with Gasteiger partial charge in [-0.15, -0.1) is 0 Å². The molecule has 0 unspecified atom stereocenters. The zero-order chi connectivity index (χ0) is 15.4. The molecule has 1 aliphatic heterocycles. The third kappa shape index (κ3) is 3.42. The second-order valence-corrected chi connectivity index (χ2v) is 5.78. The van der Waals surface area contributed by atoms with Gasteiger partial charge in [0.2, 0.25) is 0 Å². The first-order valence-electron chi connectivity index (χ1n) is 7.07. The Labute approximate surface area is 137 Å². The van der Waals surface area contributed by atoms with E-state index in [0.717, 1.165) is 31.9 Å². The van der Waals surface area contributed by atoms with Crippen LogP contribution in [0.5, 0.6) is 0 Å². The first-order chi connectivity index (χ1) is 10.7. The zero-order valence-corrected chi connectivity index (χ0v) is 13.5. The van der Waals surface area contributed by atoms with Crippen molar-refractivity contribution in [2.24, 2.45) is 0 Å². The van der Waals surface area contributed by atoms with Crippen molar-refractivity contribution in [3.63, 3.8) is 0 Å². The third-order valence-electron chi connectivity index (χ3n) is 3.45. The molecule has 1 saturated heterocycles. The second kappa shape index (κ2) is 6.85. The highest BCUT2D eigenvalue weighted by molar-refractivity contribution is 9.10. The largest absolute Gasteiger partial charge is 0.368 e. The lowest BCUT2D eigenvalue weighted by molar-refractivity contribution is 0.102. The van der Waals surface area contributed by atoms with Gasteiger partial charge in [0, 0.05) is 36.8 Å². The number of hydrogen-bond donors (Lipinski definition) is 2. The molecule has 2 aromatic heterocycles. The lowest BCUT2D eigenvalue weighted by Gasteiger charge is -2.29. The molecule has 0 bridgehead atoms. The zero-order valence-electron chi connectivity index (χ0n) is 11.9. The van der Waals surface area contributed by atoms with E-state index < -0.39 is 0 Å². The van der Waals surface area contributed by atoms with Gasteiger partial charge in [-0.25, -0.2) is 9.97 Å². The van der Waals surface area contributed by atoms with Gasteiger partial charge in [-0.3, -0.25) is 4.79 Å². The number of pyridine rings is 2. The van der Waals surface area contributed by atoms with E-state index in [4.69, 9.17) is 0 Å². The summed E-state index contributed by atoms with van der Waals surface area (Å²) in [7, 11) is 0. The number of nitrogens with one attached hydrogen (secondary N) is 2. The smallest absolute Gasteiger partial charge is 0.276 e. The number of carbonyl (C=O) groups excluding carboxylic acids is 1. The molecule has 0 aliphatic carbocycles. The van der Waals surface area contributed by atoms with Gasteiger partial charge in [-0.1, -0.05) is 0 Å². The van der Waals surface area contributed by atoms with Crippen LogP contribution in [0, 0.1) is 0 Å². The molecule has 0 aromatic carbocycles. The molecule has 1 aliphatic rings. The number of halogens is 1. The number of rotatable bonds is 3. The predicted molar refractivity (Wildman–Crippen MR) is 89.2 cm³/mol. The maximum Gasteiger partial charge on any atom is 0.276 e. The van der Waals surface area contributed by atoms with E-state index in [1.165, 1.54) is 0 Å². The lowest BCUT2D eigenvalue weighted by atomic mass is 10.3. The molecule has 114 valence electrons. The molecule has 1 fully saturated rings. The summed E-state index contributed by atoms with van der Waals surface area (Å²) in [5.74, 6) is 0.233. The topological polar surface area (TPSA) is 70.2 Å². The number of hydrogen-bond acceptors (Lipinski definition) is 5. The summed E-state index contributed by atoms with van der Waals surface area (Å²) in [6, 6.07) is 7.33. The second-order valence-electron chi connectivity index (χ2n) is 4.93. The van der Waals surface area contributed by atoms with Gasteiger partial charge >= 0.3 is 0 Å². The van der Waals surface area contributed by atoms with E-state index in [-0.39, 0.29) is 5.91 Å². The molecule has 3 rings (SSSR count). The minimum absolute atomic E-state index is 0.283. The normalized spacial score (nSPS) is 14.7. The highest BCUT2D eigenvalue weighted by Crippen LogP contribution is 2.18. The summed E-state index contributed by atoms with van der Waals surface area (Å²) in [5, 5.41) is 6.07. The Morgan fingerprint density at radius 3 is 2.73 bits per heavy atom. The van der Waals surface area contributed by atoms with Crippen molar-refractivity contribution >= 4 is 33.3 Å². The van der Waals surface area contributed by atoms with Gasteiger partial charge in [-0.2, -0.15) is 0 Å². The summed E-state index contributed by atoms with van der Waals surface area (Å²) in [6.45, 7) is 3.89. The van der Waals surface area contributed by atoms with Crippen LogP contribution in [0.1, 0.15) is 10.5 Å². The molecular formula is C15H16BrN5O. The maximum atomic E-state index is 12.2. The predicted octanol–water partition coefficient (Wildman–Crippen LogP) is 1.90. The van der Waals surface area contributed by atoms with Crippen LogP contribution in [0.25, 0.3) is 0 Å². The quantitative estimate of drug-likeness (QED) is 0.873. The van der Waals surface area contributed by atoms with Crippen LogP contribution in [0.4, 0.5) is 11.5 Å². The maximum absolute atomic E-state index is 12.2. The van der Waals surface area contributed by atoms with Gasteiger partial charge in [-0.05, 0) is 40.2 Å². The molecule has 7 heteroatoms. The number of amides is 1. The molecule has 2 aromatic rings. The monoisotopic (exact) mass is 361 g/mol. The van der Waals surface area contributed by atoms with Crippen molar-refractivity contribution in [3.05, 3.63) is 46.8 Å². The molecule has 1 amide bonds. The first kappa shape index (κ1) is 14.9. The Balaban J connectivity index is 1.68. The molecule has 0 saturated carbocycles. The van der Waals surface area contributed by atoms with Gasteiger partial charge in [0.25, 0.3) is 5.91 Å². The van der Waals surface area contributed by atoms with Crippen LogP contribution in [0.2, 0.25) is 0 Å². The van der Waals surface area contributed by atoms with Crippen molar-refractivity contribution < 1.29 is 4.79 Å². The molecule has 0 atom stereocenters. The van der Waals surface area contributed by atoms with Crippen LogP contribution in [-0.4, -0.2) is 42.1 Å². The van der Waals surface area contributed by atoms with Crippen LogP contribution in [0.3, 0.4) is 0 Å². The van der Waals surface area contributed by atoms with Crippen LogP contribution >= 0.6 is 15.9 Å². The summed E-state index contributed by atoms with van der Waals surface area (Å²) in [4.78, 5) is 22.8. The Morgan fingerprint density at radius 1 is 1.23 bits per heavy atom. The Kier molecular flexibility index (Phi) is 4.65. The van der Waals surface area contributed by atoms with Gasteiger partial charge in [0.15, 0.2) is 0 Å². The standard InChI is InChI=1S/C15H16BrN5O/c16-12-2-1-5-18-14(12)15(22)20-13-4-3-11(10-19-13)21-8-6-17-7-9-21/h1-5,10,17H,6-9H2,(H,19,20,22). The third-order valence-corrected chi connectivity index (χ3v) is 4.09. The minimum Gasteiger partial charge on any atom is -0.368 e. The number of nitrogens with zero attached hydrogens (tertiary/aromatic N) is 3. The van der Waals surface area contributed by atoms with Gasteiger partial charge in [0.1, 0.15) is 11.5 Å². The number of anilines is 2. The summed E-state index contributed by atoms with van der Waals surface area (Å²) >= 11 is 3.32. The molecule has 3 heterocycles. The summed E-state index contributed by atoms with van der Waals surface area (Å²) in [5.41, 5.74) is 1.41.